The number of nitrogens with one attached hydrogen (secondary N) is 1. The number of aromatic nitrogens is 2. The van der Waals surface area contributed by atoms with Crippen molar-refractivity contribution in [3.8, 4) is 0 Å². The molecule has 6 heteroatoms. The van der Waals surface area contributed by atoms with Gasteiger partial charge < -0.3 is 15.0 Å². The highest BCUT2D eigenvalue weighted by atomic mass is 19.1. The Morgan fingerprint density at radius 3 is 2.58 bits per heavy atom. The highest BCUT2D eigenvalue weighted by Gasteiger charge is 2.23. The van der Waals surface area contributed by atoms with E-state index >= 15 is 0 Å². The molecule has 0 bridgehead atoms. The van der Waals surface area contributed by atoms with Gasteiger partial charge in [-0.05, 0) is 44.2 Å². The van der Waals surface area contributed by atoms with Crippen LogP contribution in [-0.2, 0) is 4.74 Å². The highest BCUT2D eigenvalue weighted by Crippen LogP contribution is 2.27. The first-order valence-electron chi connectivity index (χ1n) is 8.76. The lowest BCUT2D eigenvalue weighted by atomic mass is 10.2. The summed E-state index contributed by atoms with van der Waals surface area (Å²) in [6.07, 6.45) is 1.89. The largest absolute Gasteiger partial charge is 0.372 e. The normalized spacial score (nSPS) is 20.3. The van der Waals surface area contributed by atoms with E-state index in [4.69, 9.17) is 4.74 Å². The SMILES string of the molecule is C[C@@H]1CN(c2cc(F)cc(Nc3cnc4ccccc4n3)c2)C[C@H](C)O1. The van der Waals surface area contributed by atoms with Gasteiger partial charge in [0, 0.05) is 24.5 Å². The number of anilines is 3. The van der Waals surface area contributed by atoms with Crippen LogP contribution < -0.4 is 10.2 Å². The van der Waals surface area contributed by atoms with E-state index in [-0.39, 0.29) is 18.0 Å². The van der Waals surface area contributed by atoms with Gasteiger partial charge >= 0.3 is 0 Å². The molecule has 26 heavy (non-hydrogen) atoms. The maximum atomic E-state index is 14.2. The average molecular weight is 352 g/mol. The Morgan fingerprint density at radius 2 is 1.81 bits per heavy atom. The fourth-order valence-corrected chi connectivity index (χ4v) is 3.38. The Bertz CT molecular complexity index is 923. The van der Waals surface area contributed by atoms with Crippen molar-refractivity contribution in [1.29, 1.82) is 0 Å². The van der Waals surface area contributed by atoms with E-state index < -0.39 is 0 Å². The summed E-state index contributed by atoms with van der Waals surface area (Å²) in [6.45, 7) is 5.55. The molecule has 2 aromatic carbocycles. The molecule has 1 fully saturated rings. The maximum absolute atomic E-state index is 14.2. The second kappa shape index (κ2) is 6.88. The van der Waals surface area contributed by atoms with Gasteiger partial charge in [-0.2, -0.15) is 0 Å². The van der Waals surface area contributed by atoms with Gasteiger partial charge in [0.1, 0.15) is 11.6 Å². The second-order valence-corrected chi connectivity index (χ2v) is 6.73. The van der Waals surface area contributed by atoms with Crippen molar-refractivity contribution in [3.05, 3.63) is 54.5 Å². The van der Waals surface area contributed by atoms with Crippen LogP contribution in [0, 0.1) is 5.82 Å². The minimum Gasteiger partial charge on any atom is -0.372 e. The van der Waals surface area contributed by atoms with Crippen LogP contribution in [0.2, 0.25) is 0 Å². The van der Waals surface area contributed by atoms with E-state index in [0.717, 1.165) is 29.8 Å². The zero-order chi connectivity index (χ0) is 18.1. The molecule has 1 N–H and O–H groups in total. The lowest BCUT2D eigenvalue weighted by Crippen LogP contribution is -2.45. The van der Waals surface area contributed by atoms with E-state index in [0.29, 0.717) is 11.5 Å². The lowest BCUT2D eigenvalue weighted by molar-refractivity contribution is -0.00523. The van der Waals surface area contributed by atoms with E-state index in [9.17, 15) is 4.39 Å². The van der Waals surface area contributed by atoms with Crippen LogP contribution in [0.1, 0.15) is 13.8 Å². The third-order valence-corrected chi connectivity index (χ3v) is 4.39. The molecule has 1 aliphatic rings. The van der Waals surface area contributed by atoms with E-state index in [1.165, 1.54) is 6.07 Å². The molecule has 1 aromatic heterocycles. The van der Waals surface area contributed by atoms with Crippen LogP contribution in [0.4, 0.5) is 21.6 Å². The number of fused-ring (bicyclic) bond motifs is 1. The van der Waals surface area contributed by atoms with Crippen molar-refractivity contribution < 1.29 is 9.13 Å². The number of nitrogens with zero attached hydrogens (tertiary/aromatic N) is 3. The monoisotopic (exact) mass is 352 g/mol. The number of hydrogen-bond donors (Lipinski definition) is 1. The molecule has 0 spiro atoms. The summed E-state index contributed by atoms with van der Waals surface area (Å²) in [7, 11) is 0. The van der Waals surface area contributed by atoms with Gasteiger partial charge in [0.2, 0.25) is 0 Å². The molecule has 1 saturated heterocycles. The molecule has 5 nitrogen and oxygen atoms in total. The molecule has 3 aromatic rings. The molecule has 0 saturated carbocycles. The number of benzene rings is 2. The van der Waals surface area contributed by atoms with E-state index in [1.807, 2.05) is 44.2 Å². The topological polar surface area (TPSA) is 50.3 Å². The Labute approximate surface area is 151 Å². The first kappa shape index (κ1) is 16.7. The Kier molecular flexibility index (Phi) is 4.42. The number of ether oxygens (including phenoxy) is 1. The van der Waals surface area contributed by atoms with E-state index in [2.05, 4.69) is 20.2 Å². The molecule has 2 atom stereocenters. The van der Waals surface area contributed by atoms with Crippen LogP contribution in [0.5, 0.6) is 0 Å². The van der Waals surface area contributed by atoms with Crippen molar-refractivity contribution in [1.82, 2.24) is 9.97 Å². The predicted octanol–water partition coefficient (Wildman–Crippen LogP) is 4.13. The van der Waals surface area contributed by atoms with Crippen molar-refractivity contribution in [2.24, 2.45) is 0 Å². The average Bonchev–Trinajstić information content (AvgIpc) is 2.60. The molecule has 0 amide bonds. The quantitative estimate of drug-likeness (QED) is 0.768. The summed E-state index contributed by atoms with van der Waals surface area (Å²) < 4.78 is 20.0. The van der Waals surface area contributed by atoms with Gasteiger partial charge in [0.15, 0.2) is 0 Å². The number of hydrogen-bond acceptors (Lipinski definition) is 5. The summed E-state index contributed by atoms with van der Waals surface area (Å²) in [5, 5.41) is 3.17. The van der Waals surface area contributed by atoms with Gasteiger partial charge in [0.25, 0.3) is 0 Å². The van der Waals surface area contributed by atoms with Crippen molar-refractivity contribution in [2.75, 3.05) is 23.3 Å². The number of rotatable bonds is 3. The van der Waals surface area contributed by atoms with Crippen LogP contribution in [0.25, 0.3) is 11.0 Å². The van der Waals surface area contributed by atoms with Crippen molar-refractivity contribution in [2.45, 2.75) is 26.1 Å². The molecule has 134 valence electrons. The summed E-state index contributed by atoms with van der Waals surface area (Å²) in [4.78, 5) is 11.1. The molecule has 2 heterocycles. The lowest BCUT2D eigenvalue weighted by Gasteiger charge is -2.37. The van der Waals surface area contributed by atoms with Gasteiger partial charge in [-0.3, -0.25) is 4.98 Å². The Hall–Kier alpha value is -2.73. The van der Waals surface area contributed by atoms with Crippen molar-refractivity contribution in [3.63, 3.8) is 0 Å². The highest BCUT2D eigenvalue weighted by molar-refractivity contribution is 5.76. The van der Waals surface area contributed by atoms with Crippen LogP contribution in [-0.4, -0.2) is 35.3 Å². The predicted molar refractivity (Wildman–Crippen MR) is 101 cm³/mol. The van der Waals surface area contributed by atoms with Gasteiger partial charge in [0.05, 0.1) is 29.4 Å². The van der Waals surface area contributed by atoms with Crippen LogP contribution in [0.15, 0.2) is 48.7 Å². The number of halogens is 1. The van der Waals surface area contributed by atoms with E-state index in [1.54, 1.807) is 12.3 Å². The second-order valence-electron chi connectivity index (χ2n) is 6.73. The molecular formula is C20H21FN4O. The molecular weight excluding hydrogens is 331 g/mol. The van der Waals surface area contributed by atoms with Gasteiger partial charge in [-0.15, -0.1) is 0 Å². The third-order valence-electron chi connectivity index (χ3n) is 4.39. The summed E-state index contributed by atoms with van der Waals surface area (Å²) in [5.41, 5.74) is 3.11. The summed E-state index contributed by atoms with van der Waals surface area (Å²) in [6, 6.07) is 12.6. The molecule has 0 radical (unpaired) electrons. The fraction of sp³-hybridized carbons (Fsp3) is 0.300. The number of para-hydroxylation sites is 2. The molecule has 0 aliphatic carbocycles. The smallest absolute Gasteiger partial charge is 0.149 e. The van der Waals surface area contributed by atoms with Gasteiger partial charge in [-0.1, -0.05) is 12.1 Å². The van der Waals surface area contributed by atoms with Crippen LogP contribution in [0.3, 0.4) is 0 Å². The number of morpholine rings is 1. The fourth-order valence-electron chi connectivity index (χ4n) is 3.38. The Morgan fingerprint density at radius 1 is 1.08 bits per heavy atom. The van der Waals surface area contributed by atoms with Crippen LogP contribution >= 0.6 is 0 Å². The zero-order valence-corrected chi connectivity index (χ0v) is 14.8. The van der Waals surface area contributed by atoms with Crippen molar-refractivity contribution >= 4 is 28.2 Å². The zero-order valence-electron chi connectivity index (χ0n) is 14.8. The molecule has 1 aliphatic heterocycles. The summed E-state index contributed by atoms with van der Waals surface area (Å²) >= 11 is 0. The standard InChI is InChI=1S/C20H21FN4O/c1-13-11-25(12-14(2)26-13)17-8-15(21)7-16(9-17)23-20-10-22-18-5-3-4-6-19(18)24-20/h3-10,13-14H,11-12H2,1-2H3,(H,23,24)/t13-,14+. The Balaban J connectivity index is 1.61. The summed E-state index contributed by atoms with van der Waals surface area (Å²) in [5.74, 6) is 0.300. The third kappa shape index (κ3) is 3.60. The maximum Gasteiger partial charge on any atom is 0.149 e. The first-order valence-corrected chi connectivity index (χ1v) is 8.76. The molecule has 0 unspecified atom stereocenters. The molecule has 4 rings (SSSR count). The van der Waals surface area contributed by atoms with Gasteiger partial charge in [-0.25, -0.2) is 9.37 Å². The minimum atomic E-state index is -0.287. The first-order chi connectivity index (χ1) is 12.6. The minimum absolute atomic E-state index is 0.116.